The summed E-state index contributed by atoms with van der Waals surface area (Å²) >= 11 is 0. The van der Waals surface area contributed by atoms with Gasteiger partial charge in [0.1, 0.15) is 5.75 Å². The minimum Gasteiger partial charge on any atom is -0.495 e. The molecule has 0 aliphatic heterocycles. The molecule has 2 rings (SSSR count). The van der Waals surface area contributed by atoms with Gasteiger partial charge in [-0.1, -0.05) is 12.8 Å². The molecule has 1 aliphatic carbocycles. The van der Waals surface area contributed by atoms with Gasteiger partial charge < -0.3 is 20.5 Å². The van der Waals surface area contributed by atoms with Crippen LogP contribution < -0.4 is 15.4 Å². The maximum Gasteiger partial charge on any atom is 0.310 e. The zero-order valence-electron chi connectivity index (χ0n) is 13.8. The standard InChI is InChI=1S/C17H22N2O5/c1-18-15(21)11-5-6-13(24-2)12(9-11)19-14(20)10-17(16(22)23)7-3-4-8-17/h5-6,9H,3-4,7-8,10H2,1-2H3,(H,18,21)(H,19,20)(H,22,23). The molecule has 0 bridgehead atoms. The van der Waals surface area contributed by atoms with E-state index in [9.17, 15) is 19.5 Å². The number of carboxylic acid groups (broad SMARTS) is 1. The van der Waals surface area contributed by atoms with Crippen molar-refractivity contribution >= 4 is 23.5 Å². The van der Waals surface area contributed by atoms with Crippen molar-refractivity contribution in [1.29, 1.82) is 0 Å². The number of amides is 2. The molecule has 3 N–H and O–H groups in total. The predicted octanol–water partition coefficient (Wildman–Crippen LogP) is 2.03. The Bertz CT molecular complexity index is 650. The van der Waals surface area contributed by atoms with Gasteiger partial charge in [-0.15, -0.1) is 0 Å². The topological polar surface area (TPSA) is 105 Å². The number of carbonyl (C=O) groups excluding carboxylic acids is 2. The van der Waals surface area contributed by atoms with Crippen LogP contribution in [0.5, 0.6) is 5.75 Å². The quantitative estimate of drug-likeness (QED) is 0.738. The van der Waals surface area contributed by atoms with Gasteiger partial charge in [-0.2, -0.15) is 0 Å². The summed E-state index contributed by atoms with van der Waals surface area (Å²) in [6, 6.07) is 4.68. The van der Waals surface area contributed by atoms with Crippen molar-refractivity contribution in [3.05, 3.63) is 23.8 Å². The van der Waals surface area contributed by atoms with Crippen molar-refractivity contribution < 1.29 is 24.2 Å². The SMILES string of the molecule is CNC(=O)c1ccc(OC)c(NC(=O)CC2(C(=O)O)CCCC2)c1. The highest BCUT2D eigenvalue weighted by Gasteiger charge is 2.43. The van der Waals surface area contributed by atoms with E-state index < -0.39 is 17.3 Å². The average Bonchev–Trinajstić information content (AvgIpc) is 3.03. The molecular formula is C17H22N2O5. The fourth-order valence-electron chi connectivity index (χ4n) is 3.11. The van der Waals surface area contributed by atoms with Crippen molar-refractivity contribution in [2.24, 2.45) is 5.41 Å². The van der Waals surface area contributed by atoms with E-state index in [0.717, 1.165) is 12.8 Å². The Hall–Kier alpha value is -2.57. The lowest BCUT2D eigenvalue weighted by molar-refractivity contribution is -0.150. The zero-order chi connectivity index (χ0) is 17.7. The molecule has 1 aromatic rings. The molecule has 2 amide bonds. The molecule has 130 valence electrons. The predicted molar refractivity (Wildman–Crippen MR) is 88.2 cm³/mol. The molecule has 7 nitrogen and oxygen atoms in total. The maximum absolute atomic E-state index is 12.4. The third-order valence-electron chi connectivity index (χ3n) is 4.48. The van der Waals surface area contributed by atoms with Crippen molar-refractivity contribution in [3.8, 4) is 5.75 Å². The lowest BCUT2D eigenvalue weighted by Crippen LogP contribution is -2.32. The molecule has 0 saturated heterocycles. The summed E-state index contributed by atoms with van der Waals surface area (Å²) in [6.45, 7) is 0. The first kappa shape index (κ1) is 17.8. The van der Waals surface area contributed by atoms with Crippen LogP contribution in [-0.4, -0.2) is 37.0 Å². The Morgan fingerprint density at radius 3 is 2.46 bits per heavy atom. The smallest absolute Gasteiger partial charge is 0.310 e. The van der Waals surface area contributed by atoms with E-state index in [1.165, 1.54) is 20.2 Å². The van der Waals surface area contributed by atoms with Crippen LogP contribution in [0.3, 0.4) is 0 Å². The highest BCUT2D eigenvalue weighted by Crippen LogP contribution is 2.41. The fourth-order valence-corrected chi connectivity index (χ4v) is 3.11. The number of carboxylic acids is 1. The minimum absolute atomic E-state index is 0.0876. The van der Waals surface area contributed by atoms with Crippen LogP contribution in [0.1, 0.15) is 42.5 Å². The lowest BCUT2D eigenvalue weighted by atomic mass is 9.82. The van der Waals surface area contributed by atoms with Crippen molar-refractivity contribution in [1.82, 2.24) is 5.32 Å². The zero-order valence-corrected chi connectivity index (χ0v) is 13.8. The summed E-state index contributed by atoms with van der Waals surface area (Å²) < 4.78 is 5.19. The number of methoxy groups -OCH3 is 1. The largest absolute Gasteiger partial charge is 0.495 e. The van der Waals surface area contributed by atoms with Crippen LogP contribution in [0.15, 0.2) is 18.2 Å². The second-order valence-corrected chi connectivity index (χ2v) is 6.01. The summed E-state index contributed by atoms with van der Waals surface area (Å²) in [4.78, 5) is 35.7. The molecule has 1 saturated carbocycles. The normalized spacial score (nSPS) is 15.6. The van der Waals surface area contributed by atoms with Gasteiger partial charge in [0, 0.05) is 19.0 Å². The molecule has 0 unspecified atom stereocenters. The highest BCUT2D eigenvalue weighted by molar-refractivity contribution is 5.99. The van der Waals surface area contributed by atoms with Crippen molar-refractivity contribution in [3.63, 3.8) is 0 Å². The summed E-state index contributed by atoms with van der Waals surface area (Å²) in [5, 5.41) is 14.7. The highest BCUT2D eigenvalue weighted by atomic mass is 16.5. The van der Waals surface area contributed by atoms with Crippen LogP contribution in [0.2, 0.25) is 0 Å². The number of anilines is 1. The number of ether oxygens (including phenoxy) is 1. The number of nitrogens with one attached hydrogen (secondary N) is 2. The van der Waals surface area contributed by atoms with E-state index in [4.69, 9.17) is 4.74 Å². The van der Waals surface area contributed by atoms with E-state index in [-0.39, 0.29) is 12.3 Å². The molecule has 0 aromatic heterocycles. The number of rotatable bonds is 6. The molecule has 1 aliphatic rings. The molecule has 0 heterocycles. The summed E-state index contributed by atoms with van der Waals surface area (Å²) in [5.41, 5.74) is -0.264. The Balaban J connectivity index is 2.18. The van der Waals surface area contributed by atoms with Crippen LogP contribution in [0, 0.1) is 5.41 Å². The summed E-state index contributed by atoms with van der Waals surface area (Å²) in [6.07, 6.45) is 2.55. The number of aliphatic carboxylic acids is 1. The van der Waals surface area contributed by atoms with E-state index in [0.29, 0.717) is 29.8 Å². The second kappa shape index (κ2) is 7.33. The third-order valence-corrected chi connectivity index (χ3v) is 4.48. The van der Waals surface area contributed by atoms with Gasteiger partial charge in [0.15, 0.2) is 0 Å². The molecule has 1 aromatic carbocycles. The Kier molecular flexibility index (Phi) is 5.43. The first-order chi connectivity index (χ1) is 11.4. The van der Waals surface area contributed by atoms with Crippen molar-refractivity contribution in [2.75, 3.05) is 19.5 Å². The van der Waals surface area contributed by atoms with E-state index >= 15 is 0 Å². The number of hydrogen-bond donors (Lipinski definition) is 3. The first-order valence-corrected chi connectivity index (χ1v) is 7.85. The average molecular weight is 334 g/mol. The maximum atomic E-state index is 12.4. The van der Waals surface area contributed by atoms with E-state index in [2.05, 4.69) is 10.6 Å². The fraction of sp³-hybridized carbons (Fsp3) is 0.471. The summed E-state index contributed by atoms with van der Waals surface area (Å²) in [5.74, 6) is -1.20. The van der Waals surface area contributed by atoms with Crippen LogP contribution >= 0.6 is 0 Å². The Labute approximate surface area is 140 Å². The molecule has 1 fully saturated rings. The van der Waals surface area contributed by atoms with Crippen LogP contribution in [-0.2, 0) is 9.59 Å². The van der Waals surface area contributed by atoms with Gasteiger partial charge in [-0.3, -0.25) is 14.4 Å². The lowest BCUT2D eigenvalue weighted by Gasteiger charge is -2.23. The second-order valence-electron chi connectivity index (χ2n) is 6.01. The van der Waals surface area contributed by atoms with Gasteiger partial charge in [-0.25, -0.2) is 0 Å². The number of benzene rings is 1. The van der Waals surface area contributed by atoms with Gasteiger partial charge in [0.25, 0.3) is 5.91 Å². The van der Waals surface area contributed by atoms with Gasteiger partial charge >= 0.3 is 5.97 Å². The summed E-state index contributed by atoms with van der Waals surface area (Å²) in [7, 11) is 2.97. The Morgan fingerprint density at radius 2 is 1.92 bits per heavy atom. The monoisotopic (exact) mass is 334 g/mol. The van der Waals surface area contributed by atoms with E-state index in [1.54, 1.807) is 12.1 Å². The minimum atomic E-state index is -0.990. The molecule has 0 radical (unpaired) electrons. The van der Waals surface area contributed by atoms with Crippen molar-refractivity contribution in [2.45, 2.75) is 32.1 Å². The van der Waals surface area contributed by atoms with Crippen LogP contribution in [0.25, 0.3) is 0 Å². The molecule has 7 heteroatoms. The number of hydrogen-bond acceptors (Lipinski definition) is 4. The van der Waals surface area contributed by atoms with Gasteiger partial charge in [0.05, 0.1) is 18.2 Å². The third kappa shape index (κ3) is 3.67. The van der Waals surface area contributed by atoms with E-state index in [1.807, 2.05) is 0 Å². The molecule has 24 heavy (non-hydrogen) atoms. The molecule has 0 atom stereocenters. The number of carbonyl (C=O) groups is 3. The molecule has 0 spiro atoms. The molecular weight excluding hydrogens is 312 g/mol. The van der Waals surface area contributed by atoms with Gasteiger partial charge in [-0.05, 0) is 31.0 Å². The first-order valence-electron chi connectivity index (χ1n) is 7.85. The van der Waals surface area contributed by atoms with Crippen LogP contribution in [0.4, 0.5) is 5.69 Å². The Morgan fingerprint density at radius 1 is 1.25 bits per heavy atom. The van der Waals surface area contributed by atoms with Gasteiger partial charge in [0.2, 0.25) is 5.91 Å².